The van der Waals surface area contributed by atoms with E-state index in [-0.39, 0.29) is 11.7 Å². The first-order valence-electron chi connectivity index (χ1n) is 8.29. The van der Waals surface area contributed by atoms with Crippen molar-refractivity contribution >= 4 is 51.9 Å². The molecule has 3 rings (SSSR count). The molecule has 1 saturated heterocycles. The number of hydrogen-bond donors (Lipinski definition) is 0. The van der Waals surface area contributed by atoms with Gasteiger partial charge in [0.05, 0.1) is 23.7 Å². The molecule has 1 aliphatic rings. The Morgan fingerprint density at radius 2 is 1.93 bits per heavy atom. The Bertz CT molecular complexity index is 958. The van der Waals surface area contributed by atoms with Crippen molar-refractivity contribution in [1.82, 2.24) is 0 Å². The van der Waals surface area contributed by atoms with Crippen LogP contribution in [0.15, 0.2) is 53.4 Å². The van der Waals surface area contributed by atoms with Crippen molar-refractivity contribution in [2.24, 2.45) is 0 Å². The van der Waals surface area contributed by atoms with Crippen LogP contribution in [0.25, 0.3) is 6.08 Å². The maximum atomic E-state index is 12.8. The molecule has 8 heteroatoms. The molecule has 0 spiro atoms. The molecule has 1 atom stereocenters. The normalized spacial score (nSPS) is 16.4. The monoisotopic (exact) mass is 414 g/mol. The number of aliphatic carboxylic acids is 1. The van der Waals surface area contributed by atoms with Crippen LogP contribution in [0.1, 0.15) is 12.5 Å². The number of carbonyl (C=O) groups is 2. The lowest BCUT2D eigenvalue weighted by molar-refractivity contribution is -0.312. The fraction of sp³-hybridized carbons (Fsp3) is 0.150. The lowest BCUT2D eigenvalue weighted by atomic mass is 10.1. The molecule has 0 bridgehead atoms. The molecule has 0 saturated carbocycles. The van der Waals surface area contributed by atoms with E-state index in [4.69, 9.17) is 21.7 Å². The number of amides is 1. The lowest BCUT2D eigenvalue weighted by Crippen LogP contribution is -2.37. The zero-order valence-electron chi connectivity index (χ0n) is 15.1. The van der Waals surface area contributed by atoms with Gasteiger partial charge >= 0.3 is 0 Å². The standard InChI is InChI=1S/C20H17NO5S2/c1-12(19(23)24)26-15-9-8-13(10-16(15)25-2)11-17-18(22)21(20(27)28-17)14-6-4-3-5-7-14/h3-12H,1-2H3,(H,23,24)/p-1/b17-11-/t12-/m0/s1. The highest BCUT2D eigenvalue weighted by Crippen LogP contribution is 2.37. The Kier molecular flexibility index (Phi) is 6.01. The van der Waals surface area contributed by atoms with Gasteiger partial charge in [-0.1, -0.05) is 48.2 Å². The van der Waals surface area contributed by atoms with Crippen molar-refractivity contribution in [2.45, 2.75) is 13.0 Å². The SMILES string of the molecule is COc1cc(/C=C2\SC(=S)N(c3ccccc3)C2=O)ccc1O[C@@H](C)C(=O)[O-]. The second-order valence-corrected chi connectivity index (χ2v) is 7.52. The Morgan fingerprint density at radius 1 is 1.21 bits per heavy atom. The van der Waals surface area contributed by atoms with Crippen LogP contribution < -0.4 is 19.5 Å². The molecule has 28 heavy (non-hydrogen) atoms. The Hall–Kier alpha value is -2.84. The van der Waals surface area contributed by atoms with Crippen LogP contribution in [-0.4, -0.2) is 29.4 Å². The van der Waals surface area contributed by atoms with Crippen LogP contribution >= 0.6 is 24.0 Å². The summed E-state index contributed by atoms with van der Waals surface area (Å²) in [5.41, 5.74) is 1.41. The van der Waals surface area contributed by atoms with E-state index < -0.39 is 12.1 Å². The van der Waals surface area contributed by atoms with Gasteiger partial charge in [-0.3, -0.25) is 9.69 Å². The Labute approximate surface area is 171 Å². The van der Waals surface area contributed by atoms with Gasteiger partial charge in [-0.05, 0) is 42.8 Å². The Balaban J connectivity index is 1.86. The summed E-state index contributed by atoms with van der Waals surface area (Å²) in [6.45, 7) is 1.37. The van der Waals surface area contributed by atoms with E-state index >= 15 is 0 Å². The summed E-state index contributed by atoms with van der Waals surface area (Å²) in [5.74, 6) is -0.907. The van der Waals surface area contributed by atoms with Gasteiger partial charge in [0.15, 0.2) is 15.8 Å². The third kappa shape index (κ3) is 4.18. The van der Waals surface area contributed by atoms with Crippen LogP contribution in [-0.2, 0) is 9.59 Å². The summed E-state index contributed by atoms with van der Waals surface area (Å²) < 4.78 is 11.1. The fourth-order valence-corrected chi connectivity index (χ4v) is 3.83. The number of thioether (sulfide) groups is 1. The number of ether oxygens (including phenoxy) is 2. The van der Waals surface area contributed by atoms with Gasteiger partial charge in [-0.2, -0.15) is 0 Å². The minimum atomic E-state index is -1.32. The van der Waals surface area contributed by atoms with Gasteiger partial charge in [0.2, 0.25) is 0 Å². The van der Waals surface area contributed by atoms with Crippen LogP contribution in [0.4, 0.5) is 5.69 Å². The number of carboxylic acid groups (broad SMARTS) is 1. The maximum absolute atomic E-state index is 12.8. The molecule has 0 N–H and O–H groups in total. The molecule has 1 amide bonds. The molecule has 1 fully saturated rings. The summed E-state index contributed by atoms with van der Waals surface area (Å²) >= 11 is 6.57. The molecule has 6 nitrogen and oxygen atoms in total. The molecule has 1 heterocycles. The van der Waals surface area contributed by atoms with Gasteiger partial charge < -0.3 is 19.4 Å². The van der Waals surface area contributed by atoms with Gasteiger partial charge in [-0.25, -0.2) is 0 Å². The second-order valence-electron chi connectivity index (χ2n) is 5.84. The third-order valence-electron chi connectivity index (χ3n) is 3.93. The predicted octanol–water partition coefficient (Wildman–Crippen LogP) is 2.62. The van der Waals surface area contributed by atoms with Crippen LogP contribution in [0, 0.1) is 0 Å². The van der Waals surface area contributed by atoms with E-state index in [2.05, 4.69) is 0 Å². The smallest absolute Gasteiger partial charge is 0.270 e. The number of thiocarbonyl (C=S) groups is 1. The van der Waals surface area contributed by atoms with E-state index in [0.29, 0.717) is 26.2 Å². The van der Waals surface area contributed by atoms with E-state index in [1.807, 2.05) is 30.3 Å². The highest BCUT2D eigenvalue weighted by molar-refractivity contribution is 8.27. The van der Waals surface area contributed by atoms with Crippen LogP contribution in [0.3, 0.4) is 0 Å². The molecule has 144 valence electrons. The average Bonchev–Trinajstić information content (AvgIpc) is 2.96. The topological polar surface area (TPSA) is 78.9 Å². The quantitative estimate of drug-likeness (QED) is 0.531. The van der Waals surface area contributed by atoms with Gasteiger partial charge in [0, 0.05) is 0 Å². The molecule has 2 aromatic carbocycles. The molecule has 0 radical (unpaired) electrons. The lowest BCUT2D eigenvalue weighted by Gasteiger charge is -2.17. The van der Waals surface area contributed by atoms with Crippen molar-refractivity contribution in [1.29, 1.82) is 0 Å². The number of hydrogen-bond acceptors (Lipinski definition) is 7. The summed E-state index contributed by atoms with van der Waals surface area (Å²) in [5, 5.41) is 10.9. The largest absolute Gasteiger partial charge is 0.546 e. The molecule has 0 aliphatic carbocycles. The first kappa shape index (κ1) is 19.9. The minimum absolute atomic E-state index is 0.203. The number of benzene rings is 2. The van der Waals surface area contributed by atoms with E-state index in [0.717, 1.165) is 0 Å². The molecule has 1 aliphatic heterocycles. The van der Waals surface area contributed by atoms with Crippen LogP contribution in [0.2, 0.25) is 0 Å². The summed E-state index contributed by atoms with van der Waals surface area (Å²) in [6.07, 6.45) is 0.582. The zero-order chi connectivity index (χ0) is 20.3. The molecule has 0 aromatic heterocycles. The van der Waals surface area contributed by atoms with Gasteiger partial charge in [0.1, 0.15) is 6.10 Å². The molecular formula is C20H16NO5S2-. The van der Waals surface area contributed by atoms with Crippen LogP contribution in [0.5, 0.6) is 11.5 Å². The number of nitrogens with zero attached hydrogens (tertiary/aromatic N) is 1. The summed E-state index contributed by atoms with van der Waals surface area (Å²) in [7, 11) is 1.45. The number of carboxylic acids is 1. The van der Waals surface area contributed by atoms with Crippen molar-refractivity contribution in [3.05, 3.63) is 59.0 Å². The number of anilines is 1. The highest BCUT2D eigenvalue weighted by atomic mass is 32.2. The molecular weight excluding hydrogens is 398 g/mol. The van der Waals surface area contributed by atoms with Crippen molar-refractivity contribution in [3.8, 4) is 11.5 Å². The summed E-state index contributed by atoms with van der Waals surface area (Å²) in [4.78, 5) is 25.6. The number of carbonyl (C=O) groups excluding carboxylic acids is 2. The number of methoxy groups -OCH3 is 1. The third-order valence-corrected chi connectivity index (χ3v) is 5.23. The number of rotatable bonds is 6. The highest BCUT2D eigenvalue weighted by Gasteiger charge is 2.33. The predicted molar refractivity (Wildman–Crippen MR) is 110 cm³/mol. The van der Waals surface area contributed by atoms with E-state index in [9.17, 15) is 14.7 Å². The summed E-state index contributed by atoms with van der Waals surface area (Å²) in [6, 6.07) is 14.1. The van der Waals surface area contributed by atoms with E-state index in [1.165, 1.54) is 30.7 Å². The van der Waals surface area contributed by atoms with E-state index in [1.54, 1.807) is 24.3 Å². The van der Waals surface area contributed by atoms with Crippen molar-refractivity contribution in [2.75, 3.05) is 12.0 Å². The minimum Gasteiger partial charge on any atom is -0.546 e. The van der Waals surface area contributed by atoms with Gasteiger partial charge in [-0.15, -0.1) is 0 Å². The Morgan fingerprint density at radius 3 is 2.57 bits per heavy atom. The van der Waals surface area contributed by atoms with Crippen molar-refractivity contribution < 1.29 is 24.2 Å². The first-order valence-corrected chi connectivity index (χ1v) is 9.51. The zero-order valence-corrected chi connectivity index (χ0v) is 16.7. The number of para-hydroxylation sites is 1. The molecule has 0 unspecified atom stereocenters. The maximum Gasteiger partial charge on any atom is 0.270 e. The first-order chi connectivity index (χ1) is 13.4. The van der Waals surface area contributed by atoms with Gasteiger partial charge in [0.25, 0.3) is 5.91 Å². The van der Waals surface area contributed by atoms with Crippen molar-refractivity contribution in [3.63, 3.8) is 0 Å². The fourth-order valence-electron chi connectivity index (χ4n) is 2.53. The average molecular weight is 414 g/mol. The second kappa shape index (κ2) is 8.45. The molecule has 2 aromatic rings.